The largest absolute Gasteiger partial charge is 0.467 e. The first-order valence-electron chi connectivity index (χ1n) is 12.1. The topological polar surface area (TPSA) is 65.1 Å². The second-order valence-electron chi connectivity index (χ2n) is 11.5. The number of carbonyl (C=O) groups is 2. The molecule has 1 heterocycles. The highest BCUT2D eigenvalue weighted by atomic mass is 28.4. The Morgan fingerprint density at radius 1 is 0.914 bits per heavy atom. The molecule has 0 aromatic heterocycles. The van der Waals surface area contributed by atoms with E-state index < -0.39 is 31.5 Å². The summed E-state index contributed by atoms with van der Waals surface area (Å²) < 4.78 is 18.0. The van der Waals surface area contributed by atoms with Crippen molar-refractivity contribution in [2.45, 2.75) is 77.2 Å². The zero-order chi connectivity index (χ0) is 26.1. The maximum Gasteiger partial charge on any atom is 0.411 e. The van der Waals surface area contributed by atoms with Crippen LogP contribution in [0.15, 0.2) is 60.7 Å². The van der Waals surface area contributed by atoms with E-state index in [1.807, 2.05) is 57.2 Å². The molecule has 0 spiro atoms. The lowest BCUT2D eigenvalue weighted by Gasteiger charge is -2.44. The van der Waals surface area contributed by atoms with Gasteiger partial charge in [0.2, 0.25) is 0 Å². The predicted octanol–water partition coefficient (Wildman–Crippen LogP) is 4.50. The Labute approximate surface area is 210 Å². The molecule has 0 bridgehead atoms. The third-order valence-corrected chi connectivity index (χ3v) is 11.7. The van der Waals surface area contributed by atoms with Crippen LogP contribution < -0.4 is 10.4 Å². The second-order valence-corrected chi connectivity index (χ2v) is 15.7. The Balaban J connectivity index is 2.10. The summed E-state index contributed by atoms with van der Waals surface area (Å²) in [6.45, 7) is 14.0. The van der Waals surface area contributed by atoms with Crippen LogP contribution in [0.2, 0.25) is 5.04 Å². The Hall–Kier alpha value is -2.64. The van der Waals surface area contributed by atoms with Gasteiger partial charge in [-0.2, -0.15) is 0 Å². The van der Waals surface area contributed by atoms with Gasteiger partial charge in [-0.1, -0.05) is 81.4 Å². The number of methoxy groups -OCH3 is 1. The molecule has 6 nitrogen and oxygen atoms in total. The van der Waals surface area contributed by atoms with Gasteiger partial charge in [-0.3, -0.25) is 4.90 Å². The van der Waals surface area contributed by atoms with E-state index in [0.29, 0.717) is 6.42 Å². The summed E-state index contributed by atoms with van der Waals surface area (Å²) in [6.07, 6.45) is -0.597. The van der Waals surface area contributed by atoms with Crippen LogP contribution in [0.25, 0.3) is 0 Å². The molecule has 0 aliphatic carbocycles. The lowest BCUT2D eigenvalue weighted by molar-refractivity contribution is -0.152. The van der Waals surface area contributed by atoms with Crippen molar-refractivity contribution in [1.82, 2.24) is 4.90 Å². The van der Waals surface area contributed by atoms with Gasteiger partial charge in [0.05, 0.1) is 19.8 Å². The van der Waals surface area contributed by atoms with Gasteiger partial charge in [0.15, 0.2) is 0 Å². The van der Waals surface area contributed by atoms with E-state index >= 15 is 0 Å². The first-order chi connectivity index (χ1) is 16.2. The molecule has 3 rings (SSSR count). The number of amides is 1. The van der Waals surface area contributed by atoms with Gasteiger partial charge in [0.25, 0.3) is 8.32 Å². The summed E-state index contributed by atoms with van der Waals surface area (Å²) in [5.41, 5.74) is -1.88. The Morgan fingerprint density at radius 2 is 1.40 bits per heavy atom. The SMILES string of the molecule is COC(=O)[C@]1(C)C[C@@H](O[Si](c2ccccc2)(c2ccccc2)C(C)(C)C)CN1C(=O)OC(C)(C)C. The van der Waals surface area contributed by atoms with E-state index in [9.17, 15) is 9.59 Å². The molecular formula is C28H39NO5Si. The van der Waals surface area contributed by atoms with Crippen molar-refractivity contribution in [3.63, 3.8) is 0 Å². The van der Waals surface area contributed by atoms with Crippen molar-refractivity contribution in [3.05, 3.63) is 60.7 Å². The highest BCUT2D eigenvalue weighted by Crippen LogP contribution is 2.41. The van der Waals surface area contributed by atoms with E-state index in [2.05, 4.69) is 45.0 Å². The van der Waals surface area contributed by atoms with E-state index in [1.165, 1.54) is 12.0 Å². The van der Waals surface area contributed by atoms with Crippen molar-refractivity contribution >= 4 is 30.8 Å². The maximum absolute atomic E-state index is 13.2. The van der Waals surface area contributed by atoms with Gasteiger partial charge in [-0.25, -0.2) is 9.59 Å². The summed E-state index contributed by atoms with van der Waals surface area (Å²) in [7, 11) is -1.52. The number of nitrogens with zero attached hydrogens (tertiary/aromatic N) is 1. The Morgan fingerprint density at radius 3 is 1.80 bits per heavy atom. The van der Waals surface area contributed by atoms with Crippen LogP contribution in [0.4, 0.5) is 4.79 Å². The van der Waals surface area contributed by atoms with Gasteiger partial charge in [0.1, 0.15) is 11.1 Å². The van der Waals surface area contributed by atoms with Crippen LogP contribution in [0.3, 0.4) is 0 Å². The minimum Gasteiger partial charge on any atom is -0.467 e. The Kier molecular flexibility index (Phi) is 7.53. The molecule has 2 aromatic carbocycles. The van der Waals surface area contributed by atoms with Gasteiger partial charge >= 0.3 is 12.1 Å². The van der Waals surface area contributed by atoms with Crippen molar-refractivity contribution in [2.24, 2.45) is 0 Å². The Bertz CT molecular complexity index is 989. The van der Waals surface area contributed by atoms with Gasteiger partial charge in [-0.05, 0) is 43.1 Å². The first kappa shape index (κ1) is 27.0. The maximum atomic E-state index is 13.2. The number of carbonyl (C=O) groups excluding carboxylic acids is 2. The third kappa shape index (κ3) is 5.31. The van der Waals surface area contributed by atoms with Crippen molar-refractivity contribution in [2.75, 3.05) is 13.7 Å². The molecule has 1 aliphatic rings. The number of benzene rings is 2. The van der Waals surface area contributed by atoms with Crippen LogP contribution in [0.1, 0.15) is 54.9 Å². The molecule has 1 amide bonds. The highest BCUT2D eigenvalue weighted by molar-refractivity contribution is 6.99. The van der Waals surface area contributed by atoms with E-state index in [1.54, 1.807) is 6.92 Å². The lowest BCUT2D eigenvalue weighted by atomic mass is 9.98. The molecule has 1 saturated heterocycles. The first-order valence-corrected chi connectivity index (χ1v) is 14.0. The summed E-state index contributed by atoms with van der Waals surface area (Å²) in [5, 5.41) is 2.07. The zero-order valence-corrected chi connectivity index (χ0v) is 23.3. The molecule has 35 heavy (non-hydrogen) atoms. The number of rotatable bonds is 5. The van der Waals surface area contributed by atoms with Crippen molar-refractivity contribution in [1.29, 1.82) is 0 Å². The molecule has 0 unspecified atom stereocenters. The minimum atomic E-state index is -2.86. The van der Waals surface area contributed by atoms with Crippen molar-refractivity contribution < 1.29 is 23.5 Å². The smallest absolute Gasteiger partial charge is 0.411 e. The van der Waals surface area contributed by atoms with Crippen LogP contribution in [0, 0.1) is 0 Å². The van der Waals surface area contributed by atoms with Gasteiger partial charge in [0, 0.05) is 6.42 Å². The van der Waals surface area contributed by atoms with Gasteiger partial charge < -0.3 is 13.9 Å². The molecule has 0 radical (unpaired) electrons. The molecule has 2 atom stereocenters. The van der Waals surface area contributed by atoms with Gasteiger partial charge in [-0.15, -0.1) is 0 Å². The number of hydrogen-bond acceptors (Lipinski definition) is 5. The highest BCUT2D eigenvalue weighted by Gasteiger charge is 2.57. The zero-order valence-electron chi connectivity index (χ0n) is 22.3. The number of ether oxygens (including phenoxy) is 2. The third-order valence-electron chi connectivity index (χ3n) is 6.61. The molecule has 0 saturated carbocycles. The van der Waals surface area contributed by atoms with Crippen LogP contribution >= 0.6 is 0 Å². The number of esters is 1. The summed E-state index contributed by atoms with van der Waals surface area (Å²) in [5.74, 6) is -0.475. The number of likely N-dealkylation sites (tertiary alicyclic amines) is 1. The standard InChI is InChI=1S/C28H39NO5Si/c1-26(2,3)33-25(31)29-20-21(19-28(29,7)24(30)32-8)34-35(27(4,5)6,22-15-11-9-12-16-22)23-17-13-10-14-18-23/h9-18,21H,19-20H2,1-8H3/t21-,28+/m1/s1. The second kappa shape index (κ2) is 9.78. The minimum absolute atomic E-state index is 0.225. The monoisotopic (exact) mass is 497 g/mol. The molecule has 1 fully saturated rings. The fourth-order valence-corrected chi connectivity index (χ4v) is 9.72. The molecule has 0 N–H and O–H groups in total. The quantitative estimate of drug-likeness (QED) is 0.449. The molecular weight excluding hydrogens is 458 g/mol. The summed E-state index contributed by atoms with van der Waals surface area (Å²) in [6, 6.07) is 20.7. The average molecular weight is 498 g/mol. The van der Waals surface area contributed by atoms with Crippen LogP contribution in [-0.4, -0.2) is 56.2 Å². The number of hydrogen-bond donors (Lipinski definition) is 0. The summed E-state index contributed by atoms with van der Waals surface area (Å²) >= 11 is 0. The molecule has 2 aromatic rings. The fraction of sp³-hybridized carbons (Fsp3) is 0.500. The average Bonchev–Trinajstić information content (AvgIpc) is 3.13. The lowest BCUT2D eigenvalue weighted by Crippen LogP contribution is -2.67. The van der Waals surface area contributed by atoms with Crippen LogP contribution in [-0.2, 0) is 18.7 Å². The van der Waals surface area contributed by atoms with E-state index in [4.69, 9.17) is 13.9 Å². The summed E-state index contributed by atoms with van der Waals surface area (Å²) in [4.78, 5) is 27.6. The fourth-order valence-electron chi connectivity index (χ4n) is 5.05. The van der Waals surface area contributed by atoms with E-state index in [-0.39, 0.29) is 17.7 Å². The van der Waals surface area contributed by atoms with E-state index in [0.717, 1.165) is 10.4 Å². The van der Waals surface area contributed by atoms with Crippen LogP contribution in [0.5, 0.6) is 0 Å². The molecule has 190 valence electrons. The normalized spacial score (nSPS) is 21.0. The molecule has 1 aliphatic heterocycles. The molecule has 7 heteroatoms. The van der Waals surface area contributed by atoms with Crippen molar-refractivity contribution in [3.8, 4) is 0 Å². The predicted molar refractivity (Wildman–Crippen MR) is 140 cm³/mol.